The van der Waals surface area contributed by atoms with Crippen LogP contribution in [0.1, 0.15) is 36.5 Å². The Labute approximate surface area is 119 Å². The predicted octanol–water partition coefficient (Wildman–Crippen LogP) is 3.99. The third kappa shape index (κ3) is 3.58. The van der Waals surface area contributed by atoms with Gasteiger partial charge in [0.1, 0.15) is 18.2 Å². The van der Waals surface area contributed by atoms with Gasteiger partial charge in [-0.25, -0.2) is 4.39 Å². The molecule has 106 valence electrons. The topological polar surface area (TPSA) is 35.2 Å². The molecule has 0 aliphatic rings. The molecule has 0 radical (unpaired) electrons. The van der Waals surface area contributed by atoms with Crippen molar-refractivity contribution in [2.24, 2.45) is 5.73 Å². The third-order valence-corrected chi connectivity index (χ3v) is 3.31. The lowest BCUT2D eigenvalue weighted by Crippen LogP contribution is -2.05. The van der Waals surface area contributed by atoms with Gasteiger partial charge in [-0.3, -0.25) is 0 Å². The lowest BCUT2D eigenvalue weighted by Gasteiger charge is -2.12. The Balaban J connectivity index is 2.12. The summed E-state index contributed by atoms with van der Waals surface area (Å²) in [5.74, 6) is 0.979. The molecule has 0 atom stereocenters. The lowest BCUT2D eigenvalue weighted by molar-refractivity contribution is 0.304. The van der Waals surface area contributed by atoms with Gasteiger partial charge >= 0.3 is 0 Å². The molecule has 0 spiro atoms. The van der Waals surface area contributed by atoms with Crippen molar-refractivity contribution in [1.29, 1.82) is 0 Å². The second-order valence-electron chi connectivity index (χ2n) is 5.13. The van der Waals surface area contributed by atoms with Crippen LogP contribution in [0.3, 0.4) is 0 Å². The van der Waals surface area contributed by atoms with Crippen molar-refractivity contribution < 1.29 is 9.13 Å². The van der Waals surface area contributed by atoms with E-state index in [1.165, 1.54) is 17.7 Å². The molecule has 0 amide bonds. The minimum absolute atomic E-state index is 0.267. The fraction of sp³-hybridized carbons (Fsp3) is 0.294. The number of ether oxygens (including phenoxy) is 1. The van der Waals surface area contributed by atoms with Crippen LogP contribution < -0.4 is 10.5 Å². The van der Waals surface area contributed by atoms with E-state index >= 15 is 0 Å². The Morgan fingerprint density at radius 3 is 2.60 bits per heavy atom. The lowest BCUT2D eigenvalue weighted by atomic mass is 10.0. The Morgan fingerprint density at radius 2 is 1.90 bits per heavy atom. The Morgan fingerprint density at radius 1 is 1.10 bits per heavy atom. The van der Waals surface area contributed by atoms with E-state index in [-0.39, 0.29) is 5.82 Å². The van der Waals surface area contributed by atoms with Gasteiger partial charge in [0.15, 0.2) is 0 Å². The number of benzene rings is 2. The number of nitrogens with two attached hydrogens (primary N) is 1. The van der Waals surface area contributed by atoms with Crippen molar-refractivity contribution in [3.05, 3.63) is 65.0 Å². The van der Waals surface area contributed by atoms with Crippen molar-refractivity contribution >= 4 is 0 Å². The van der Waals surface area contributed by atoms with E-state index in [9.17, 15) is 4.39 Å². The molecule has 0 saturated heterocycles. The summed E-state index contributed by atoms with van der Waals surface area (Å²) in [5.41, 5.74) is 8.58. The van der Waals surface area contributed by atoms with Crippen LogP contribution in [0.15, 0.2) is 42.5 Å². The Hall–Kier alpha value is -1.87. The van der Waals surface area contributed by atoms with Gasteiger partial charge in [0.2, 0.25) is 0 Å². The predicted molar refractivity (Wildman–Crippen MR) is 79.2 cm³/mol. The summed E-state index contributed by atoms with van der Waals surface area (Å²) in [6, 6.07) is 12.6. The summed E-state index contributed by atoms with van der Waals surface area (Å²) < 4.78 is 19.0. The molecule has 0 aliphatic carbocycles. The maximum absolute atomic E-state index is 13.3. The highest BCUT2D eigenvalue weighted by atomic mass is 19.1. The maximum Gasteiger partial charge on any atom is 0.123 e. The van der Waals surface area contributed by atoms with Crippen LogP contribution in [0, 0.1) is 5.82 Å². The van der Waals surface area contributed by atoms with E-state index in [4.69, 9.17) is 10.5 Å². The number of rotatable bonds is 5. The summed E-state index contributed by atoms with van der Waals surface area (Å²) in [6.07, 6.45) is 0. The summed E-state index contributed by atoms with van der Waals surface area (Å²) >= 11 is 0. The molecule has 2 aromatic rings. The van der Waals surface area contributed by atoms with Gasteiger partial charge in [-0.1, -0.05) is 32.0 Å². The quantitative estimate of drug-likeness (QED) is 0.894. The van der Waals surface area contributed by atoms with Gasteiger partial charge in [0.05, 0.1) is 0 Å². The molecule has 2 N–H and O–H groups in total. The molecule has 0 heterocycles. The zero-order valence-corrected chi connectivity index (χ0v) is 11.9. The molecule has 0 saturated carbocycles. The van der Waals surface area contributed by atoms with Crippen LogP contribution in [0.2, 0.25) is 0 Å². The summed E-state index contributed by atoms with van der Waals surface area (Å²) in [6.45, 7) is 4.98. The standard InChI is InChI=1S/C17H20FNO/c1-12(2)13-4-3-5-17(9-13)20-11-15-8-16(18)7-6-14(15)10-19/h3-9,12H,10-11,19H2,1-2H3. The molecule has 0 aromatic heterocycles. The molecule has 3 heteroatoms. The van der Waals surface area contributed by atoms with E-state index in [0.29, 0.717) is 19.1 Å². The van der Waals surface area contributed by atoms with E-state index in [1.54, 1.807) is 6.07 Å². The first-order valence-electron chi connectivity index (χ1n) is 6.80. The van der Waals surface area contributed by atoms with Crippen molar-refractivity contribution in [3.8, 4) is 5.75 Å². The smallest absolute Gasteiger partial charge is 0.123 e. The average Bonchev–Trinajstić information content (AvgIpc) is 2.45. The summed E-state index contributed by atoms with van der Waals surface area (Å²) in [5, 5.41) is 0. The molecule has 0 bridgehead atoms. The highest BCUT2D eigenvalue weighted by molar-refractivity contribution is 5.32. The van der Waals surface area contributed by atoms with Gasteiger partial charge in [0, 0.05) is 6.54 Å². The monoisotopic (exact) mass is 273 g/mol. The minimum Gasteiger partial charge on any atom is -0.489 e. The van der Waals surface area contributed by atoms with Crippen LogP contribution in [0.4, 0.5) is 4.39 Å². The zero-order valence-electron chi connectivity index (χ0n) is 11.9. The first kappa shape index (κ1) is 14.5. The van der Waals surface area contributed by atoms with Crippen molar-refractivity contribution in [1.82, 2.24) is 0 Å². The summed E-state index contributed by atoms with van der Waals surface area (Å²) in [4.78, 5) is 0. The molecule has 0 fully saturated rings. The van der Waals surface area contributed by atoms with E-state index in [2.05, 4.69) is 19.9 Å². The first-order chi connectivity index (χ1) is 9.60. The third-order valence-electron chi connectivity index (χ3n) is 3.31. The number of hydrogen-bond acceptors (Lipinski definition) is 2. The fourth-order valence-electron chi connectivity index (χ4n) is 2.05. The SMILES string of the molecule is CC(C)c1cccc(OCc2cc(F)ccc2CN)c1. The van der Waals surface area contributed by atoms with E-state index in [0.717, 1.165) is 16.9 Å². The first-order valence-corrected chi connectivity index (χ1v) is 6.80. The van der Waals surface area contributed by atoms with Gasteiger partial charge in [0.25, 0.3) is 0 Å². The summed E-state index contributed by atoms with van der Waals surface area (Å²) in [7, 11) is 0. The van der Waals surface area contributed by atoms with Crippen molar-refractivity contribution in [2.45, 2.75) is 32.9 Å². The second kappa shape index (κ2) is 6.53. The molecular formula is C17H20FNO. The van der Waals surface area contributed by atoms with Gasteiger partial charge < -0.3 is 10.5 Å². The second-order valence-corrected chi connectivity index (χ2v) is 5.13. The normalized spacial score (nSPS) is 10.8. The average molecular weight is 273 g/mol. The molecule has 2 nitrogen and oxygen atoms in total. The van der Waals surface area contributed by atoms with Gasteiger partial charge in [-0.05, 0) is 46.9 Å². The van der Waals surface area contributed by atoms with Crippen LogP contribution in [-0.4, -0.2) is 0 Å². The highest BCUT2D eigenvalue weighted by Gasteiger charge is 2.05. The highest BCUT2D eigenvalue weighted by Crippen LogP contribution is 2.21. The van der Waals surface area contributed by atoms with Crippen molar-refractivity contribution in [2.75, 3.05) is 0 Å². The Bertz CT molecular complexity index is 581. The molecular weight excluding hydrogens is 253 g/mol. The van der Waals surface area contributed by atoms with Crippen LogP contribution in [-0.2, 0) is 13.2 Å². The van der Waals surface area contributed by atoms with E-state index < -0.39 is 0 Å². The van der Waals surface area contributed by atoms with Gasteiger partial charge in [-0.2, -0.15) is 0 Å². The number of halogens is 1. The molecule has 2 aromatic carbocycles. The minimum atomic E-state index is -0.267. The molecule has 20 heavy (non-hydrogen) atoms. The van der Waals surface area contributed by atoms with Crippen molar-refractivity contribution in [3.63, 3.8) is 0 Å². The van der Waals surface area contributed by atoms with Crippen LogP contribution in [0.25, 0.3) is 0 Å². The number of hydrogen-bond donors (Lipinski definition) is 1. The van der Waals surface area contributed by atoms with E-state index in [1.807, 2.05) is 18.2 Å². The molecule has 2 rings (SSSR count). The zero-order chi connectivity index (χ0) is 14.5. The fourth-order valence-corrected chi connectivity index (χ4v) is 2.05. The largest absolute Gasteiger partial charge is 0.489 e. The maximum atomic E-state index is 13.3. The van der Waals surface area contributed by atoms with Gasteiger partial charge in [-0.15, -0.1) is 0 Å². The van der Waals surface area contributed by atoms with Crippen LogP contribution in [0.5, 0.6) is 5.75 Å². The van der Waals surface area contributed by atoms with Crippen LogP contribution >= 0.6 is 0 Å². The Kier molecular flexibility index (Phi) is 4.74. The molecule has 0 aliphatic heterocycles. The molecule has 0 unspecified atom stereocenters.